The first-order valence-corrected chi connectivity index (χ1v) is 7.19. The second-order valence-electron chi connectivity index (χ2n) is 5.08. The Morgan fingerprint density at radius 3 is 2.62 bits per heavy atom. The van der Waals surface area contributed by atoms with E-state index in [1.807, 2.05) is 0 Å². The molecule has 0 saturated heterocycles. The number of carbonyl (C=O) groups excluding carboxylic acids is 2. The summed E-state index contributed by atoms with van der Waals surface area (Å²) in [5.74, 6) is -3.53. The summed E-state index contributed by atoms with van der Waals surface area (Å²) in [6.07, 6.45) is -1.08. The fourth-order valence-electron chi connectivity index (χ4n) is 2.00. The van der Waals surface area contributed by atoms with Crippen molar-refractivity contribution in [1.82, 2.24) is 9.88 Å². The van der Waals surface area contributed by atoms with Crippen molar-refractivity contribution in [2.75, 3.05) is 7.11 Å². The number of ether oxygens (including phenoxy) is 2. The van der Waals surface area contributed by atoms with Gasteiger partial charge in [-0.15, -0.1) is 0 Å². The molecule has 26 heavy (non-hydrogen) atoms. The highest BCUT2D eigenvalue weighted by Crippen LogP contribution is 2.22. The smallest absolute Gasteiger partial charge is 0.480 e. The van der Waals surface area contributed by atoms with E-state index in [9.17, 15) is 24.0 Å². The van der Waals surface area contributed by atoms with Crippen molar-refractivity contribution in [3.05, 3.63) is 39.1 Å². The standard InChI is InChI=1S/C15H14N2O9/c1-7(13(20)21)16-10(18)6-17-12(19)8-4-3-5-9(25-15(23)24-2)11(8)26-14(17)22/h3-5,7H,6H2,1-2H3,(H,16,18)(H,20,21). The van der Waals surface area contributed by atoms with Gasteiger partial charge in [-0.3, -0.25) is 14.4 Å². The molecule has 0 aliphatic rings. The molecule has 11 nitrogen and oxygen atoms in total. The second-order valence-corrected chi connectivity index (χ2v) is 5.08. The Balaban J connectivity index is 2.43. The molecule has 1 aromatic carbocycles. The number of fused-ring (bicyclic) bond motifs is 1. The first-order valence-electron chi connectivity index (χ1n) is 7.19. The molecular formula is C15H14N2O9. The third-order valence-electron chi connectivity index (χ3n) is 3.27. The lowest BCUT2D eigenvalue weighted by Crippen LogP contribution is -2.44. The first-order chi connectivity index (χ1) is 12.2. The number of carboxylic acids is 1. The summed E-state index contributed by atoms with van der Waals surface area (Å²) in [6, 6.07) is 2.76. The molecule has 1 amide bonds. The molecule has 0 bridgehead atoms. The van der Waals surface area contributed by atoms with Gasteiger partial charge in [0.15, 0.2) is 11.3 Å². The number of hydrogen-bond acceptors (Lipinski definition) is 8. The third kappa shape index (κ3) is 3.88. The van der Waals surface area contributed by atoms with E-state index in [1.165, 1.54) is 25.1 Å². The van der Waals surface area contributed by atoms with Crippen LogP contribution in [0.2, 0.25) is 0 Å². The summed E-state index contributed by atoms with van der Waals surface area (Å²) < 4.78 is 14.6. The zero-order valence-corrected chi connectivity index (χ0v) is 13.7. The van der Waals surface area contributed by atoms with Crippen molar-refractivity contribution in [1.29, 1.82) is 0 Å². The van der Waals surface area contributed by atoms with Crippen molar-refractivity contribution in [3.8, 4) is 5.75 Å². The fraction of sp³-hybridized carbons (Fsp3) is 0.267. The van der Waals surface area contributed by atoms with Crippen molar-refractivity contribution >= 4 is 29.0 Å². The number of benzene rings is 1. The monoisotopic (exact) mass is 366 g/mol. The van der Waals surface area contributed by atoms with Crippen molar-refractivity contribution in [3.63, 3.8) is 0 Å². The molecule has 11 heteroatoms. The van der Waals surface area contributed by atoms with Crippen LogP contribution in [0.15, 0.2) is 32.2 Å². The quantitative estimate of drug-likeness (QED) is 0.535. The number of para-hydroxylation sites is 1. The summed E-state index contributed by atoms with van der Waals surface area (Å²) in [7, 11) is 1.08. The molecule has 0 radical (unpaired) electrons. The van der Waals surface area contributed by atoms with E-state index in [0.717, 1.165) is 7.11 Å². The van der Waals surface area contributed by atoms with Crippen LogP contribution in [0.4, 0.5) is 4.79 Å². The van der Waals surface area contributed by atoms with Gasteiger partial charge in [0.2, 0.25) is 5.91 Å². The Bertz CT molecular complexity index is 989. The number of aliphatic carboxylic acids is 1. The van der Waals surface area contributed by atoms with Gasteiger partial charge >= 0.3 is 17.9 Å². The molecule has 0 spiro atoms. The van der Waals surface area contributed by atoms with Gasteiger partial charge in [-0.25, -0.2) is 14.2 Å². The molecule has 138 valence electrons. The lowest BCUT2D eigenvalue weighted by Gasteiger charge is -2.10. The zero-order chi connectivity index (χ0) is 19.4. The Labute approximate surface area is 144 Å². The van der Waals surface area contributed by atoms with E-state index >= 15 is 0 Å². The van der Waals surface area contributed by atoms with Gasteiger partial charge in [-0.05, 0) is 19.1 Å². The predicted molar refractivity (Wildman–Crippen MR) is 85.0 cm³/mol. The number of rotatable bonds is 5. The average Bonchev–Trinajstić information content (AvgIpc) is 2.59. The third-order valence-corrected chi connectivity index (χ3v) is 3.27. The van der Waals surface area contributed by atoms with Crippen molar-refractivity contribution in [2.45, 2.75) is 19.5 Å². The lowest BCUT2D eigenvalue weighted by molar-refractivity contribution is -0.141. The van der Waals surface area contributed by atoms with Gasteiger partial charge in [-0.1, -0.05) is 6.07 Å². The maximum absolute atomic E-state index is 12.4. The summed E-state index contributed by atoms with van der Waals surface area (Å²) >= 11 is 0. The maximum Gasteiger partial charge on any atom is 0.513 e. The van der Waals surface area contributed by atoms with Crippen LogP contribution in [0.5, 0.6) is 5.75 Å². The summed E-state index contributed by atoms with van der Waals surface area (Å²) in [4.78, 5) is 58.3. The maximum atomic E-state index is 12.4. The van der Waals surface area contributed by atoms with Crippen LogP contribution < -0.4 is 21.4 Å². The molecule has 2 rings (SSSR count). The molecule has 1 heterocycles. The number of carboxylic acid groups (broad SMARTS) is 1. The highest BCUT2D eigenvalue weighted by atomic mass is 16.7. The summed E-state index contributed by atoms with van der Waals surface area (Å²) in [5.41, 5.74) is -1.16. The van der Waals surface area contributed by atoms with Gasteiger partial charge in [0.05, 0.1) is 12.5 Å². The van der Waals surface area contributed by atoms with E-state index in [4.69, 9.17) is 14.3 Å². The Morgan fingerprint density at radius 2 is 2.00 bits per heavy atom. The highest BCUT2D eigenvalue weighted by Gasteiger charge is 2.19. The van der Waals surface area contributed by atoms with Crippen LogP contribution in [-0.4, -0.2) is 40.9 Å². The molecule has 0 aliphatic carbocycles. The largest absolute Gasteiger partial charge is 0.513 e. The molecule has 1 unspecified atom stereocenters. The molecule has 1 atom stereocenters. The fourth-order valence-corrected chi connectivity index (χ4v) is 2.00. The molecule has 0 aliphatic heterocycles. The number of amides is 1. The number of methoxy groups -OCH3 is 1. The van der Waals surface area contributed by atoms with E-state index in [0.29, 0.717) is 4.57 Å². The van der Waals surface area contributed by atoms with Crippen LogP contribution in [0.3, 0.4) is 0 Å². The number of nitrogens with zero attached hydrogens (tertiary/aromatic N) is 1. The lowest BCUT2D eigenvalue weighted by atomic mass is 10.2. The van der Waals surface area contributed by atoms with E-state index in [-0.39, 0.29) is 16.7 Å². The number of nitrogens with one attached hydrogen (secondary N) is 1. The average molecular weight is 366 g/mol. The second kappa shape index (κ2) is 7.51. The number of carbonyl (C=O) groups is 3. The van der Waals surface area contributed by atoms with E-state index in [2.05, 4.69) is 10.1 Å². The molecule has 0 saturated carbocycles. The molecule has 0 fully saturated rings. The molecular weight excluding hydrogens is 352 g/mol. The topological polar surface area (TPSA) is 154 Å². The normalized spacial score (nSPS) is 11.6. The van der Waals surface area contributed by atoms with E-state index in [1.54, 1.807) is 0 Å². The van der Waals surface area contributed by atoms with Gasteiger partial charge in [0.25, 0.3) is 5.56 Å². The van der Waals surface area contributed by atoms with Crippen molar-refractivity contribution in [2.24, 2.45) is 0 Å². The Hall–Kier alpha value is -3.63. The molecule has 1 aromatic heterocycles. The van der Waals surface area contributed by atoms with E-state index < -0.39 is 41.9 Å². The number of hydrogen-bond donors (Lipinski definition) is 2. The Kier molecular flexibility index (Phi) is 5.40. The minimum atomic E-state index is -1.28. The van der Waals surface area contributed by atoms with Crippen LogP contribution in [0.25, 0.3) is 11.0 Å². The SMILES string of the molecule is COC(=O)Oc1cccc2c(=O)n(CC(=O)NC(C)C(=O)O)c(=O)oc12. The minimum absolute atomic E-state index is 0.120. The van der Waals surface area contributed by atoms with Gasteiger partial charge in [0.1, 0.15) is 12.6 Å². The van der Waals surface area contributed by atoms with Gasteiger partial charge in [0, 0.05) is 0 Å². The van der Waals surface area contributed by atoms with Crippen LogP contribution in [0, 0.1) is 0 Å². The summed E-state index contributed by atoms with van der Waals surface area (Å²) in [5, 5.41) is 10.7. The first kappa shape index (κ1) is 18.7. The van der Waals surface area contributed by atoms with Crippen LogP contribution in [0.1, 0.15) is 6.92 Å². The zero-order valence-electron chi connectivity index (χ0n) is 13.7. The highest BCUT2D eigenvalue weighted by molar-refractivity contribution is 5.85. The molecule has 2 aromatic rings. The minimum Gasteiger partial charge on any atom is -0.480 e. The number of aromatic nitrogens is 1. The van der Waals surface area contributed by atoms with Crippen molar-refractivity contribution < 1.29 is 33.4 Å². The van der Waals surface area contributed by atoms with Gasteiger partial charge < -0.3 is 24.3 Å². The summed E-state index contributed by atoms with van der Waals surface area (Å²) in [6.45, 7) is 0.485. The van der Waals surface area contributed by atoms with Crippen LogP contribution >= 0.6 is 0 Å². The van der Waals surface area contributed by atoms with Crippen LogP contribution in [-0.2, 0) is 20.9 Å². The Morgan fingerprint density at radius 1 is 1.31 bits per heavy atom. The van der Waals surface area contributed by atoms with Gasteiger partial charge in [-0.2, -0.15) is 0 Å². The molecule has 2 N–H and O–H groups in total. The predicted octanol–water partition coefficient (Wildman–Crippen LogP) is -0.311.